The lowest BCUT2D eigenvalue weighted by atomic mass is 9.77. The van der Waals surface area contributed by atoms with Crippen molar-refractivity contribution in [2.24, 2.45) is 10.9 Å². The number of hydrogen-bond acceptors (Lipinski definition) is 4. The van der Waals surface area contributed by atoms with Gasteiger partial charge in [0.2, 0.25) is 0 Å². The van der Waals surface area contributed by atoms with Gasteiger partial charge in [-0.3, -0.25) is 4.99 Å². The van der Waals surface area contributed by atoms with E-state index in [1.807, 2.05) is 25.3 Å². The summed E-state index contributed by atoms with van der Waals surface area (Å²) >= 11 is 2.24. The van der Waals surface area contributed by atoms with Crippen LogP contribution in [0.4, 0.5) is 11.4 Å². The fraction of sp³-hybridized carbons (Fsp3) is 0.233. The molecule has 0 amide bonds. The van der Waals surface area contributed by atoms with Gasteiger partial charge in [0.05, 0.1) is 21.9 Å². The molecule has 0 spiro atoms. The molecule has 0 unspecified atom stereocenters. The topological polar surface area (TPSA) is 42.8 Å². The lowest BCUT2D eigenvalue weighted by Crippen LogP contribution is -2.28. The second-order valence-corrected chi connectivity index (χ2v) is 9.83. The minimum absolute atomic E-state index is 0.203. The number of rotatable bonds is 7. The molecule has 4 nitrogen and oxygen atoms in total. The monoisotopic (exact) mass is 574 g/mol. The number of para-hydroxylation sites is 1. The van der Waals surface area contributed by atoms with E-state index in [2.05, 4.69) is 94.5 Å². The zero-order valence-electron chi connectivity index (χ0n) is 19.6. The van der Waals surface area contributed by atoms with Crippen LogP contribution in [0.2, 0.25) is 0 Å². The third-order valence-electron chi connectivity index (χ3n) is 6.52. The largest absolute Gasteiger partial charge is 0.490 e. The van der Waals surface area contributed by atoms with Gasteiger partial charge in [-0.25, -0.2) is 0 Å². The normalized spacial score (nSPS) is 20.1. The lowest BCUT2D eigenvalue weighted by Gasteiger charge is -2.37. The van der Waals surface area contributed by atoms with Crippen molar-refractivity contribution in [3.8, 4) is 23.8 Å². The quantitative estimate of drug-likeness (QED) is 0.140. The van der Waals surface area contributed by atoms with Crippen LogP contribution in [0, 0.1) is 21.8 Å². The van der Waals surface area contributed by atoms with Crippen LogP contribution in [0.3, 0.4) is 0 Å². The molecule has 1 aliphatic carbocycles. The van der Waals surface area contributed by atoms with E-state index < -0.39 is 0 Å². The molecule has 0 saturated heterocycles. The highest BCUT2D eigenvalue weighted by Gasteiger charge is 2.37. The van der Waals surface area contributed by atoms with Crippen LogP contribution in [0.15, 0.2) is 77.8 Å². The second kappa shape index (κ2) is 10.6. The molecule has 1 N–H and O–H groups in total. The first-order chi connectivity index (χ1) is 17.2. The Morgan fingerprint density at radius 1 is 1.14 bits per heavy atom. The fourth-order valence-corrected chi connectivity index (χ4v) is 5.75. The maximum absolute atomic E-state index is 5.78. The number of aliphatic imine (C=N–C) groups is 1. The van der Waals surface area contributed by atoms with Gasteiger partial charge >= 0.3 is 0 Å². The van der Waals surface area contributed by atoms with E-state index in [1.54, 1.807) is 0 Å². The molecule has 35 heavy (non-hydrogen) atoms. The number of fused-ring (bicyclic) bond motifs is 3. The number of ether oxygens (including phenoxy) is 2. The van der Waals surface area contributed by atoms with Gasteiger partial charge in [0.15, 0.2) is 11.5 Å². The van der Waals surface area contributed by atoms with E-state index >= 15 is 0 Å². The standard InChI is InChI=1S/C30H27IN2O2/c1-3-16-35-30-26(31)17-20(18-28(30)34-4-2)19-32-22-14-12-21(13-15-22)29-25-10-7-9-23(25)24-8-5-6-11-27(24)33-29/h1,5-9,11-15,17-19,23,25,29,33H,4,10,16H2,2H3/t23-,25+,29-/m0/s1. The van der Waals surface area contributed by atoms with Gasteiger partial charge in [-0.1, -0.05) is 48.4 Å². The van der Waals surface area contributed by atoms with E-state index in [4.69, 9.17) is 20.9 Å². The highest BCUT2D eigenvalue weighted by Crippen LogP contribution is 2.49. The number of anilines is 1. The number of nitrogens with zero attached hydrogens (tertiary/aromatic N) is 1. The minimum Gasteiger partial charge on any atom is -0.490 e. The van der Waals surface area contributed by atoms with Crippen LogP contribution in [0.1, 0.15) is 42.0 Å². The van der Waals surface area contributed by atoms with Crippen molar-refractivity contribution in [1.29, 1.82) is 0 Å². The molecule has 0 saturated carbocycles. The average Bonchev–Trinajstić information content (AvgIpc) is 3.38. The van der Waals surface area contributed by atoms with Crippen molar-refractivity contribution in [3.63, 3.8) is 0 Å². The summed E-state index contributed by atoms with van der Waals surface area (Å²) in [4.78, 5) is 4.71. The van der Waals surface area contributed by atoms with Crippen LogP contribution in [-0.2, 0) is 0 Å². The molecular weight excluding hydrogens is 547 g/mol. The first-order valence-electron chi connectivity index (χ1n) is 11.9. The molecule has 2 aliphatic rings. The molecule has 3 atom stereocenters. The molecular formula is C30H27IN2O2. The Balaban J connectivity index is 1.35. The SMILES string of the molecule is C#CCOc1c(I)cc(C=Nc2ccc([C@@H]3Nc4ccccc4[C@@H]4C=CC[C@H]43)cc2)cc1OCC. The van der Waals surface area contributed by atoms with Crippen molar-refractivity contribution < 1.29 is 9.47 Å². The number of halogens is 1. The van der Waals surface area contributed by atoms with Gasteiger partial charge in [0.25, 0.3) is 0 Å². The van der Waals surface area contributed by atoms with E-state index in [-0.39, 0.29) is 12.6 Å². The number of allylic oxidation sites excluding steroid dienone is 2. The first-order valence-corrected chi connectivity index (χ1v) is 12.9. The summed E-state index contributed by atoms with van der Waals surface area (Å²) in [6.45, 7) is 2.69. The molecule has 5 rings (SSSR count). The zero-order chi connectivity index (χ0) is 24.2. The fourth-order valence-electron chi connectivity index (χ4n) is 4.97. The van der Waals surface area contributed by atoms with Gasteiger partial charge in [0.1, 0.15) is 6.61 Å². The number of terminal acetylenes is 1. The first kappa shape index (κ1) is 23.5. The van der Waals surface area contributed by atoms with Crippen molar-refractivity contribution in [3.05, 3.63) is 93.1 Å². The Morgan fingerprint density at radius 2 is 1.97 bits per heavy atom. The zero-order valence-corrected chi connectivity index (χ0v) is 21.7. The van der Waals surface area contributed by atoms with Gasteiger partial charge in [-0.2, -0.15) is 0 Å². The highest BCUT2D eigenvalue weighted by molar-refractivity contribution is 14.1. The summed E-state index contributed by atoms with van der Waals surface area (Å²) in [5, 5.41) is 3.79. The number of hydrogen-bond donors (Lipinski definition) is 1. The van der Waals surface area contributed by atoms with Crippen LogP contribution >= 0.6 is 22.6 Å². The summed E-state index contributed by atoms with van der Waals surface area (Å²) in [6, 6.07) is 21.5. The predicted molar refractivity (Wildman–Crippen MR) is 151 cm³/mol. The molecule has 3 aromatic rings. The molecule has 0 bridgehead atoms. The maximum Gasteiger partial charge on any atom is 0.175 e. The molecule has 0 aromatic heterocycles. The van der Waals surface area contributed by atoms with Crippen LogP contribution in [0.5, 0.6) is 11.5 Å². The molecule has 1 heterocycles. The van der Waals surface area contributed by atoms with Crippen molar-refractivity contribution >= 4 is 40.2 Å². The molecule has 3 aromatic carbocycles. The van der Waals surface area contributed by atoms with Gasteiger partial charge in [-0.05, 0) is 88.9 Å². The van der Waals surface area contributed by atoms with E-state index in [0.29, 0.717) is 29.9 Å². The average molecular weight is 574 g/mol. The number of nitrogens with one attached hydrogen (secondary N) is 1. The Morgan fingerprint density at radius 3 is 2.77 bits per heavy atom. The molecule has 0 radical (unpaired) electrons. The third-order valence-corrected chi connectivity index (χ3v) is 7.32. The van der Waals surface area contributed by atoms with Crippen molar-refractivity contribution in [1.82, 2.24) is 0 Å². The van der Waals surface area contributed by atoms with E-state index in [1.165, 1.54) is 16.8 Å². The van der Waals surface area contributed by atoms with E-state index in [9.17, 15) is 0 Å². The maximum atomic E-state index is 5.78. The summed E-state index contributed by atoms with van der Waals surface area (Å²) in [5.41, 5.74) is 5.79. The Labute approximate surface area is 220 Å². The number of benzene rings is 3. The summed E-state index contributed by atoms with van der Waals surface area (Å²) in [7, 11) is 0. The molecule has 5 heteroatoms. The van der Waals surface area contributed by atoms with Gasteiger partial charge < -0.3 is 14.8 Å². The minimum atomic E-state index is 0.203. The molecule has 0 fully saturated rings. The smallest absolute Gasteiger partial charge is 0.175 e. The lowest BCUT2D eigenvalue weighted by molar-refractivity contribution is 0.298. The van der Waals surface area contributed by atoms with Gasteiger partial charge in [-0.15, -0.1) is 6.42 Å². The summed E-state index contributed by atoms with van der Waals surface area (Å²) in [6.07, 6.45) is 13.0. The van der Waals surface area contributed by atoms with Gasteiger partial charge in [0, 0.05) is 17.8 Å². The highest BCUT2D eigenvalue weighted by atomic mass is 127. The summed E-state index contributed by atoms with van der Waals surface area (Å²) in [5.74, 6) is 4.87. The van der Waals surface area contributed by atoms with Crippen molar-refractivity contribution in [2.45, 2.75) is 25.3 Å². The Bertz CT molecular complexity index is 1310. The Hall–Kier alpha value is -3.24. The van der Waals surface area contributed by atoms with Crippen LogP contribution in [0.25, 0.3) is 0 Å². The molecule has 1 aliphatic heterocycles. The van der Waals surface area contributed by atoms with Crippen LogP contribution < -0.4 is 14.8 Å². The molecule has 176 valence electrons. The van der Waals surface area contributed by atoms with Crippen molar-refractivity contribution in [2.75, 3.05) is 18.5 Å². The summed E-state index contributed by atoms with van der Waals surface area (Å²) < 4.78 is 12.4. The second-order valence-electron chi connectivity index (χ2n) is 8.67. The predicted octanol–water partition coefficient (Wildman–Crippen LogP) is 7.28. The Kier molecular flexibility index (Phi) is 7.10. The van der Waals surface area contributed by atoms with E-state index in [0.717, 1.165) is 21.2 Å². The third kappa shape index (κ3) is 4.94. The van der Waals surface area contributed by atoms with Crippen LogP contribution in [-0.4, -0.2) is 19.4 Å².